The summed E-state index contributed by atoms with van der Waals surface area (Å²) in [6.07, 6.45) is 7.41. The molecule has 0 saturated heterocycles. The van der Waals surface area contributed by atoms with E-state index in [4.69, 9.17) is 0 Å². The Morgan fingerprint density at radius 3 is 2.82 bits per heavy atom. The summed E-state index contributed by atoms with van der Waals surface area (Å²) in [7, 11) is -3.81. The minimum Gasteiger partial charge on any atom is -0.478 e. The van der Waals surface area contributed by atoms with Gasteiger partial charge in [0.15, 0.2) is 0 Å². The summed E-state index contributed by atoms with van der Waals surface area (Å²) in [5.74, 6) is -1.12. The standard InChI is InChI=1S/C20H21N3O4S/c24-20(25)15-11-14-5-1-2-6-17(14)18(12-15)28(26,27)21-9-8-16-13-23-10-4-3-7-19(23)22-16/h3-4,7,10-13,21H,1-2,5-6,8-9H2,(H,24,25). The summed E-state index contributed by atoms with van der Waals surface area (Å²) in [6, 6.07) is 8.57. The number of imidazole rings is 1. The van der Waals surface area contributed by atoms with Crippen molar-refractivity contribution in [1.82, 2.24) is 14.1 Å². The van der Waals surface area contributed by atoms with E-state index in [0.717, 1.165) is 35.3 Å². The van der Waals surface area contributed by atoms with Gasteiger partial charge < -0.3 is 9.51 Å². The molecule has 146 valence electrons. The van der Waals surface area contributed by atoms with E-state index in [2.05, 4.69) is 9.71 Å². The molecule has 4 rings (SSSR count). The molecule has 28 heavy (non-hydrogen) atoms. The van der Waals surface area contributed by atoms with E-state index in [1.165, 1.54) is 6.07 Å². The van der Waals surface area contributed by atoms with Crippen molar-refractivity contribution in [3.63, 3.8) is 0 Å². The van der Waals surface area contributed by atoms with E-state index >= 15 is 0 Å². The highest BCUT2D eigenvalue weighted by molar-refractivity contribution is 7.89. The monoisotopic (exact) mass is 399 g/mol. The third-order valence-electron chi connectivity index (χ3n) is 5.05. The predicted molar refractivity (Wildman–Crippen MR) is 104 cm³/mol. The number of nitrogens with one attached hydrogen (secondary N) is 1. The number of aromatic carboxylic acids is 1. The van der Waals surface area contributed by atoms with Crippen LogP contribution in [0.15, 0.2) is 47.6 Å². The lowest BCUT2D eigenvalue weighted by molar-refractivity contribution is 0.0696. The second-order valence-electron chi connectivity index (χ2n) is 6.97. The quantitative estimate of drug-likeness (QED) is 0.663. The van der Waals surface area contributed by atoms with Crippen molar-refractivity contribution in [1.29, 1.82) is 0 Å². The zero-order valence-electron chi connectivity index (χ0n) is 15.3. The van der Waals surface area contributed by atoms with E-state index in [-0.39, 0.29) is 17.0 Å². The molecule has 2 aromatic heterocycles. The molecule has 0 bridgehead atoms. The molecule has 0 radical (unpaired) electrons. The summed E-state index contributed by atoms with van der Waals surface area (Å²) >= 11 is 0. The molecule has 0 atom stereocenters. The first-order chi connectivity index (χ1) is 13.4. The fraction of sp³-hybridized carbons (Fsp3) is 0.300. The molecule has 2 N–H and O–H groups in total. The van der Waals surface area contributed by atoms with Crippen molar-refractivity contribution in [2.45, 2.75) is 37.0 Å². The number of hydrogen-bond acceptors (Lipinski definition) is 4. The van der Waals surface area contributed by atoms with Gasteiger partial charge in [-0.2, -0.15) is 0 Å². The number of pyridine rings is 1. The Kier molecular flexibility index (Phi) is 4.91. The normalized spacial score (nSPS) is 14.1. The van der Waals surface area contributed by atoms with Gasteiger partial charge in [0, 0.05) is 25.4 Å². The first-order valence-corrected chi connectivity index (χ1v) is 10.7. The van der Waals surface area contributed by atoms with Crippen LogP contribution in [0.2, 0.25) is 0 Å². The van der Waals surface area contributed by atoms with Crippen molar-refractivity contribution in [3.05, 3.63) is 65.1 Å². The Balaban J connectivity index is 1.56. The molecule has 0 fully saturated rings. The van der Waals surface area contributed by atoms with Crippen LogP contribution in [0.25, 0.3) is 5.65 Å². The number of sulfonamides is 1. The zero-order valence-corrected chi connectivity index (χ0v) is 16.1. The fourth-order valence-corrected chi connectivity index (χ4v) is 5.06. The highest BCUT2D eigenvalue weighted by Crippen LogP contribution is 2.29. The summed E-state index contributed by atoms with van der Waals surface area (Å²) < 4.78 is 30.3. The van der Waals surface area contributed by atoms with Crippen LogP contribution in [0.4, 0.5) is 0 Å². The molecular weight excluding hydrogens is 378 g/mol. The van der Waals surface area contributed by atoms with Crippen LogP contribution in [0.3, 0.4) is 0 Å². The second-order valence-corrected chi connectivity index (χ2v) is 8.71. The number of fused-ring (bicyclic) bond motifs is 2. The topological polar surface area (TPSA) is 101 Å². The average molecular weight is 399 g/mol. The lowest BCUT2D eigenvalue weighted by Gasteiger charge is -2.20. The van der Waals surface area contributed by atoms with Gasteiger partial charge in [-0.3, -0.25) is 0 Å². The molecule has 0 amide bonds. The van der Waals surface area contributed by atoms with Crippen LogP contribution >= 0.6 is 0 Å². The van der Waals surface area contributed by atoms with E-state index in [9.17, 15) is 18.3 Å². The molecule has 0 saturated carbocycles. The third kappa shape index (κ3) is 3.65. The molecular formula is C20H21N3O4S. The highest BCUT2D eigenvalue weighted by Gasteiger charge is 2.25. The summed E-state index contributed by atoms with van der Waals surface area (Å²) in [4.78, 5) is 16.0. The zero-order chi connectivity index (χ0) is 19.7. The molecule has 0 aliphatic heterocycles. The number of hydrogen-bond donors (Lipinski definition) is 2. The average Bonchev–Trinajstić information content (AvgIpc) is 3.09. The molecule has 3 aromatic rings. The maximum absolute atomic E-state index is 12.9. The largest absolute Gasteiger partial charge is 0.478 e. The minimum atomic E-state index is -3.81. The van der Waals surface area contributed by atoms with Crippen molar-refractivity contribution in [2.75, 3.05) is 6.54 Å². The highest BCUT2D eigenvalue weighted by atomic mass is 32.2. The Morgan fingerprint density at radius 1 is 1.21 bits per heavy atom. The van der Waals surface area contributed by atoms with Gasteiger partial charge in [-0.1, -0.05) is 6.07 Å². The summed E-state index contributed by atoms with van der Waals surface area (Å²) in [5.41, 5.74) is 3.18. The number of nitrogens with zero attached hydrogens (tertiary/aromatic N) is 2. The molecule has 1 aliphatic rings. The van der Waals surface area contributed by atoms with E-state index < -0.39 is 16.0 Å². The van der Waals surface area contributed by atoms with E-state index in [1.54, 1.807) is 6.07 Å². The van der Waals surface area contributed by atoms with Gasteiger partial charge in [0.2, 0.25) is 10.0 Å². The van der Waals surface area contributed by atoms with Crippen LogP contribution < -0.4 is 4.72 Å². The Labute approximate surface area is 163 Å². The predicted octanol–water partition coefficient (Wildman–Crippen LogP) is 2.43. The molecule has 0 spiro atoms. The number of carboxylic acids is 1. The van der Waals surface area contributed by atoms with Crippen molar-refractivity contribution >= 4 is 21.6 Å². The number of carbonyl (C=O) groups is 1. The van der Waals surface area contributed by atoms with Gasteiger partial charge in [-0.15, -0.1) is 0 Å². The second kappa shape index (κ2) is 7.37. The number of carboxylic acid groups (broad SMARTS) is 1. The minimum absolute atomic E-state index is 0.0152. The van der Waals surface area contributed by atoms with Crippen LogP contribution in [0.1, 0.15) is 40.0 Å². The van der Waals surface area contributed by atoms with Gasteiger partial charge in [-0.25, -0.2) is 22.9 Å². The molecule has 7 nitrogen and oxygen atoms in total. The van der Waals surface area contributed by atoms with E-state index in [0.29, 0.717) is 19.3 Å². The lowest BCUT2D eigenvalue weighted by atomic mass is 9.90. The van der Waals surface area contributed by atoms with Crippen molar-refractivity contribution in [2.24, 2.45) is 0 Å². The number of aromatic nitrogens is 2. The summed E-state index contributed by atoms with van der Waals surface area (Å²) in [6.45, 7) is 0.193. The molecule has 8 heteroatoms. The van der Waals surface area contributed by atoms with Crippen molar-refractivity contribution in [3.8, 4) is 0 Å². The molecule has 1 aromatic carbocycles. The summed E-state index contributed by atoms with van der Waals surface area (Å²) in [5, 5.41) is 9.34. The van der Waals surface area contributed by atoms with Gasteiger partial charge in [0.05, 0.1) is 16.2 Å². The van der Waals surface area contributed by atoms with Gasteiger partial charge in [0.1, 0.15) is 5.65 Å². The van der Waals surface area contributed by atoms with Gasteiger partial charge in [0.25, 0.3) is 0 Å². The smallest absolute Gasteiger partial charge is 0.335 e. The van der Waals surface area contributed by atoms with Crippen LogP contribution in [-0.2, 0) is 29.3 Å². The Bertz CT molecular complexity index is 1120. The van der Waals surface area contributed by atoms with Gasteiger partial charge >= 0.3 is 5.97 Å². The Morgan fingerprint density at radius 2 is 2.04 bits per heavy atom. The first kappa shape index (κ1) is 18.6. The fourth-order valence-electron chi connectivity index (χ4n) is 3.69. The van der Waals surface area contributed by atoms with Crippen molar-refractivity contribution < 1.29 is 18.3 Å². The lowest BCUT2D eigenvalue weighted by Crippen LogP contribution is -2.28. The number of rotatable bonds is 6. The van der Waals surface area contributed by atoms with E-state index in [1.807, 2.05) is 35.0 Å². The van der Waals surface area contributed by atoms with Crippen LogP contribution in [0, 0.1) is 0 Å². The van der Waals surface area contributed by atoms with Crippen LogP contribution in [0.5, 0.6) is 0 Å². The maximum atomic E-state index is 12.9. The molecule has 1 aliphatic carbocycles. The molecule has 0 unspecified atom stereocenters. The number of aryl methyl sites for hydroxylation is 1. The third-order valence-corrected chi connectivity index (χ3v) is 6.58. The Hall–Kier alpha value is -2.71. The first-order valence-electron chi connectivity index (χ1n) is 9.25. The maximum Gasteiger partial charge on any atom is 0.335 e. The molecule has 2 heterocycles. The van der Waals surface area contributed by atoms with Gasteiger partial charge in [-0.05, 0) is 61.1 Å². The van der Waals surface area contributed by atoms with Crippen LogP contribution in [-0.4, -0.2) is 35.4 Å². The SMILES string of the molecule is O=C(O)c1cc2c(c(S(=O)(=O)NCCc3cn4ccccc4n3)c1)CCCC2. The number of benzene rings is 1.